The lowest BCUT2D eigenvalue weighted by Crippen LogP contribution is -2.40. The number of benzene rings is 2. The van der Waals surface area contributed by atoms with Crippen molar-refractivity contribution in [3.63, 3.8) is 0 Å². The molecule has 0 bridgehead atoms. The Kier molecular flexibility index (Phi) is 5.18. The van der Waals surface area contributed by atoms with Crippen molar-refractivity contribution in [3.05, 3.63) is 45.9 Å². The molecular formula is C19H18BrNO4. The average molecular weight is 404 g/mol. The number of rotatable bonds is 6. The third kappa shape index (κ3) is 3.31. The molecule has 25 heavy (non-hydrogen) atoms. The Morgan fingerprint density at radius 2 is 1.76 bits per heavy atom. The van der Waals surface area contributed by atoms with Gasteiger partial charge in [-0.15, -0.1) is 0 Å². The predicted molar refractivity (Wildman–Crippen MR) is 97.5 cm³/mol. The maximum Gasteiger partial charge on any atom is 0.305 e. The molecule has 1 aliphatic rings. The molecule has 0 atom stereocenters. The number of amides is 2. The van der Waals surface area contributed by atoms with Gasteiger partial charge in [-0.25, -0.2) is 0 Å². The van der Waals surface area contributed by atoms with Crippen LogP contribution in [0.15, 0.2) is 34.8 Å². The number of imide groups is 1. The number of ether oxygens (including phenoxy) is 1. The molecule has 3 rings (SSSR count). The van der Waals surface area contributed by atoms with Crippen molar-refractivity contribution in [2.45, 2.75) is 25.7 Å². The zero-order chi connectivity index (χ0) is 18.0. The number of hydrogen-bond donors (Lipinski definition) is 0. The number of carbonyl (C=O) groups is 3. The van der Waals surface area contributed by atoms with Crippen molar-refractivity contribution < 1.29 is 19.1 Å². The summed E-state index contributed by atoms with van der Waals surface area (Å²) in [4.78, 5) is 37.9. The molecule has 130 valence electrons. The Balaban J connectivity index is 1.76. The van der Waals surface area contributed by atoms with Gasteiger partial charge in [0.15, 0.2) is 0 Å². The largest absolute Gasteiger partial charge is 0.469 e. The molecule has 2 aromatic carbocycles. The molecule has 2 aromatic rings. The molecule has 0 unspecified atom stereocenters. The fraction of sp³-hybridized carbons (Fsp3) is 0.316. The Bertz CT molecular complexity index is 840. The first-order valence-corrected chi connectivity index (χ1v) is 8.98. The molecule has 0 radical (unpaired) electrons. The lowest BCUT2D eigenvalue weighted by Gasteiger charge is -2.27. The van der Waals surface area contributed by atoms with Gasteiger partial charge in [0.2, 0.25) is 0 Å². The summed E-state index contributed by atoms with van der Waals surface area (Å²) in [6, 6.07) is 9.08. The molecule has 0 saturated heterocycles. The van der Waals surface area contributed by atoms with Gasteiger partial charge in [0.1, 0.15) is 0 Å². The quantitative estimate of drug-likeness (QED) is 0.416. The van der Waals surface area contributed by atoms with Crippen molar-refractivity contribution in [2.75, 3.05) is 13.7 Å². The molecule has 0 fully saturated rings. The minimum absolute atomic E-state index is 0.240. The van der Waals surface area contributed by atoms with Gasteiger partial charge in [0.05, 0.1) is 7.11 Å². The third-order valence-corrected chi connectivity index (χ3v) is 5.12. The molecule has 5 nitrogen and oxygen atoms in total. The zero-order valence-electron chi connectivity index (χ0n) is 13.9. The third-order valence-electron chi connectivity index (χ3n) is 4.43. The Hall–Kier alpha value is -2.21. The van der Waals surface area contributed by atoms with E-state index in [0.29, 0.717) is 42.3 Å². The molecule has 1 heterocycles. The standard InChI is InChI=1S/C19H18BrNO4/c1-25-16(22)8-3-2-4-11-21-18(23)13-7-5-6-12-15(20)10-9-14(17(12)13)19(21)24/h5-7,9-10H,2-4,8,11H2,1H3. The van der Waals surface area contributed by atoms with Crippen LogP contribution in [0.4, 0.5) is 0 Å². The second kappa shape index (κ2) is 7.35. The number of hydrogen-bond acceptors (Lipinski definition) is 4. The van der Waals surface area contributed by atoms with Gasteiger partial charge in [-0.1, -0.05) is 34.5 Å². The van der Waals surface area contributed by atoms with E-state index in [0.717, 1.165) is 16.3 Å². The van der Waals surface area contributed by atoms with Crippen LogP contribution in [0.3, 0.4) is 0 Å². The second-order valence-corrected chi connectivity index (χ2v) is 6.83. The number of nitrogens with zero attached hydrogens (tertiary/aromatic N) is 1. The van der Waals surface area contributed by atoms with E-state index < -0.39 is 0 Å². The van der Waals surface area contributed by atoms with E-state index in [9.17, 15) is 14.4 Å². The fourth-order valence-electron chi connectivity index (χ4n) is 3.13. The monoisotopic (exact) mass is 403 g/mol. The van der Waals surface area contributed by atoms with Crippen molar-refractivity contribution in [1.29, 1.82) is 0 Å². The summed E-state index contributed by atoms with van der Waals surface area (Å²) in [5.74, 6) is -0.750. The molecule has 0 aromatic heterocycles. The fourth-order valence-corrected chi connectivity index (χ4v) is 3.59. The summed E-state index contributed by atoms with van der Waals surface area (Å²) in [6.45, 7) is 0.352. The van der Waals surface area contributed by atoms with Gasteiger partial charge in [0.25, 0.3) is 11.8 Å². The van der Waals surface area contributed by atoms with Gasteiger partial charge in [-0.05, 0) is 36.4 Å². The van der Waals surface area contributed by atoms with Gasteiger partial charge in [-0.2, -0.15) is 0 Å². The van der Waals surface area contributed by atoms with Crippen molar-refractivity contribution in [3.8, 4) is 0 Å². The Morgan fingerprint density at radius 3 is 2.48 bits per heavy atom. The van der Waals surface area contributed by atoms with Crippen LogP contribution in [0.5, 0.6) is 0 Å². The number of carbonyl (C=O) groups excluding carboxylic acids is 3. The van der Waals surface area contributed by atoms with E-state index in [-0.39, 0.29) is 17.8 Å². The van der Waals surface area contributed by atoms with Gasteiger partial charge < -0.3 is 4.74 Å². The van der Waals surface area contributed by atoms with Crippen LogP contribution in [0.2, 0.25) is 0 Å². The van der Waals surface area contributed by atoms with Crippen molar-refractivity contribution >= 4 is 44.5 Å². The number of methoxy groups -OCH3 is 1. The first kappa shape index (κ1) is 17.6. The molecule has 0 spiro atoms. The molecule has 0 saturated carbocycles. The smallest absolute Gasteiger partial charge is 0.305 e. The molecule has 0 aliphatic carbocycles. The van der Waals surface area contributed by atoms with Crippen molar-refractivity contribution in [2.24, 2.45) is 0 Å². The van der Waals surface area contributed by atoms with Crippen molar-refractivity contribution in [1.82, 2.24) is 4.90 Å². The van der Waals surface area contributed by atoms with Crippen LogP contribution in [0.25, 0.3) is 10.8 Å². The maximum atomic E-state index is 12.8. The zero-order valence-corrected chi connectivity index (χ0v) is 15.5. The first-order chi connectivity index (χ1) is 12.0. The highest BCUT2D eigenvalue weighted by Crippen LogP contribution is 2.34. The van der Waals surface area contributed by atoms with E-state index in [2.05, 4.69) is 20.7 Å². The topological polar surface area (TPSA) is 63.7 Å². The molecule has 0 N–H and O–H groups in total. The molecule has 2 amide bonds. The summed E-state index contributed by atoms with van der Waals surface area (Å²) in [5.41, 5.74) is 1.12. The van der Waals surface area contributed by atoms with Crippen LogP contribution in [-0.2, 0) is 9.53 Å². The van der Waals surface area contributed by atoms with E-state index in [1.165, 1.54) is 12.0 Å². The lowest BCUT2D eigenvalue weighted by molar-refractivity contribution is -0.140. The summed E-state index contributed by atoms with van der Waals surface area (Å²) >= 11 is 3.48. The summed E-state index contributed by atoms with van der Waals surface area (Å²) < 4.78 is 5.47. The van der Waals surface area contributed by atoms with E-state index in [1.54, 1.807) is 12.1 Å². The molecule has 6 heteroatoms. The summed E-state index contributed by atoms with van der Waals surface area (Å²) in [7, 11) is 1.36. The average Bonchev–Trinajstić information content (AvgIpc) is 2.62. The maximum absolute atomic E-state index is 12.8. The number of esters is 1. The highest BCUT2D eigenvalue weighted by molar-refractivity contribution is 9.10. The van der Waals surface area contributed by atoms with E-state index >= 15 is 0 Å². The highest BCUT2D eigenvalue weighted by Gasteiger charge is 2.32. The number of halogens is 1. The van der Waals surface area contributed by atoms with Gasteiger partial charge in [0, 0.05) is 34.0 Å². The second-order valence-electron chi connectivity index (χ2n) is 5.97. The van der Waals surface area contributed by atoms with Crippen LogP contribution >= 0.6 is 15.9 Å². The minimum atomic E-state index is -0.255. The lowest BCUT2D eigenvalue weighted by atomic mass is 9.94. The Morgan fingerprint density at radius 1 is 1.04 bits per heavy atom. The highest BCUT2D eigenvalue weighted by atomic mass is 79.9. The van der Waals surface area contributed by atoms with E-state index in [4.69, 9.17) is 0 Å². The van der Waals surface area contributed by atoms with Gasteiger partial charge in [-0.3, -0.25) is 19.3 Å². The molecular weight excluding hydrogens is 386 g/mol. The van der Waals surface area contributed by atoms with Crippen LogP contribution < -0.4 is 0 Å². The summed E-state index contributed by atoms with van der Waals surface area (Å²) in [5, 5.41) is 1.59. The van der Waals surface area contributed by atoms with Crippen LogP contribution in [0.1, 0.15) is 46.4 Å². The Labute approximate surface area is 154 Å². The summed E-state index contributed by atoms with van der Waals surface area (Å²) in [6.07, 6.45) is 2.45. The number of unbranched alkanes of at least 4 members (excludes halogenated alkanes) is 2. The normalized spacial score (nSPS) is 13.4. The minimum Gasteiger partial charge on any atom is -0.469 e. The SMILES string of the molecule is COC(=O)CCCCCN1C(=O)c2cccc3c(Br)ccc(c23)C1=O. The van der Waals surface area contributed by atoms with Gasteiger partial charge >= 0.3 is 5.97 Å². The predicted octanol–water partition coefficient (Wildman–Crippen LogP) is 3.93. The van der Waals surface area contributed by atoms with Crippen LogP contribution in [-0.4, -0.2) is 36.3 Å². The molecule has 1 aliphatic heterocycles. The van der Waals surface area contributed by atoms with Crippen LogP contribution in [0, 0.1) is 0 Å². The van der Waals surface area contributed by atoms with E-state index in [1.807, 2.05) is 18.2 Å². The first-order valence-electron chi connectivity index (χ1n) is 8.19.